The molecule has 18 heavy (non-hydrogen) atoms. The summed E-state index contributed by atoms with van der Waals surface area (Å²) in [5.41, 5.74) is 5.96. The maximum absolute atomic E-state index is 5.84. The number of nitrogens with zero attached hydrogens (tertiary/aromatic N) is 2. The van der Waals surface area contributed by atoms with E-state index >= 15 is 0 Å². The van der Waals surface area contributed by atoms with Crippen molar-refractivity contribution in [1.29, 1.82) is 0 Å². The van der Waals surface area contributed by atoms with E-state index in [4.69, 9.17) is 5.73 Å². The molecule has 0 aromatic carbocycles. The molecule has 0 spiro atoms. The fourth-order valence-electron chi connectivity index (χ4n) is 2.20. The molecule has 0 bridgehead atoms. The Balaban J connectivity index is 2.95. The number of nitrogens with one attached hydrogen (secondary N) is 1. The SMILES string of the molecule is CCCc1nc(N)cc(NC(CC)(CC)CC)n1. The second-order valence-corrected chi connectivity index (χ2v) is 4.81. The van der Waals surface area contributed by atoms with Crippen LogP contribution in [-0.4, -0.2) is 15.5 Å². The predicted molar refractivity (Wildman–Crippen MR) is 77.7 cm³/mol. The predicted octanol–water partition coefficient (Wildman–Crippen LogP) is 3.39. The number of rotatable bonds is 7. The number of aromatic nitrogens is 2. The molecule has 0 unspecified atom stereocenters. The van der Waals surface area contributed by atoms with E-state index in [-0.39, 0.29) is 5.54 Å². The zero-order valence-corrected chi connectivity index (χ0v) is 12.1. The molecule has 4 nitrogen and oxygen atoms in total. The molecule has 1 heterocycles. The van der Waals surface area contributed by atoms with Crippen molar-refractivity contribution in [3.05, 3.63) is 11.9 Å². The first-order valence-corrected chi connectivity index (χ1v) is 7.00. The quantitative estimate of drug-likeness (QED) is 0.778. The third kappa shape index (κ3) is 3.59. The molecule has 102 valence electrons. The van der Waals surface area contributed by atoms with Crippen LogP contribution >= 0.6 is 0 Å². The number of nitrogen functional groups attached to an aromatic ring is 1. The van der Waals surface area contributed by atoms with Crippen LogP contribution in [0.25, 0.3) is 0 Å². The summed E-state index contributed by atoms with van der Waals surface area (Å²) in [6, 6.07) is 1.83. The van der Waals surface area contributed by atoms with E-state index in [1.807, 2.05) is 6.07 Å². The fraction of sp³-hybridized carbons (Fsp3) is 0.714. The van der Waals surface area contributed by atoms with Gasteiger partial charge in [-0.15, -0.1) is 0 Å². The summed E-state index contributed by atoms with van der Waals surface area (Å²) >= 11 is 0. The molecule has 1 aromatic heterocycles. The lowest BCUT2D eigenvalue weighted by Gasteiger charge is -2.32. The summed E-state index contributed by atoms with van der Waals surface area (Å²) in [5.74, 6) is 2.24. The minimum Gasteiger partial charge on any atom is -0.384 e. The lowest BCUT2D eigenvalue weighted by atomic mass is 9.90. The normalized spacial score (nSPS) is 11.6. The highest BCUT2D eigenvalue weighted by atomic mass is 15.1. The van der Waals surface area contributed by atoms with Gasteiger partial charge in [0.05, 0.1) is 0 Å². The average Bonchev–Trinajstić information content (AvgIpc) is 2.36. The second-order valence-electron chi connectivity index (χ2n) is 4.81. The van der Waals surface area contributed by atoms with Crippen molar-refractivity contribution in [3.8, 4) is 0 Å². The first-order chi connectivity index (χ1) is 8.59. The molecule has 0 aliphatic heterocycles. The summed E-state index contributed by atoms with van der Waals surface area (Å²) in [6.45, 7) is 8.74. The van der Waals surface area contributed by atoms with Gasteiger partial charge >= 0.3 is 0 Å². The molecule has 0 aliphatic rings. The van der Waals surface area contributed by atoms with Gasteiger partial charge in [-0.05, 0) is 25.7 Å². The number of aryl methyl sites for hydroxylation is 1. The largest absolute Gasteiger partial charge is 0.384 e. The minimum absolute atomic E-state index is 0.115. The molecule has 0 saturated carbocycles. The lowest BCUT2D eigenvalue weighted by molar-refractivity contribution is 0.418. The highest BCUT2D eigenvalue weighted by molar-refractivity contribution is 5.46. The van der Waals surface area contributed by atoms with Crippen LogP contribution in [0.2, 0.25) is 0 Å². The maximum atomic E-state index is 5.84. The molecule has 0 atom stereocenters. The number of nitrogens with two attached hydrogens (primary N) is 1. The molecule has 1 aromatic rings. The van der Waals surface area contributed by atoms with Gasteiger partial charge in [-0.1, -0.05) is 27.7 Å². The van der Waals surface area contributed by atoms with Crippen LogP contribution in [0.3, 0.4) is 0 Å². The lowest BCUT2D eigenvalue weighted by Crippen LogP contribution is -2.36. The number of hydrogen-bond donors (Lipinski definition) is 2. The van der Waals surface area contributed by atoms with Gasteiger partial charge in [0.15, 0.2) is 0 Å². The third-order valence-electron chi connectivity index (χ3n) is 3.69. The van der Waals surface area contributed by atoms with Gasteiger partial charge in [0.25, 0.3) is 0 Å². The highest BCUT2D eigenvalue weighted by Crippen LogP contribution is 2.25. The van der Waals surface area contributed by atoms with E-state index < -0.39 is 0 Å². The van der Waals surface area contributed by atoms with Gasteiger partial charge in [-0.2, -0.15) is 0 Å². The van der Waals surface area contributed by atoms with Crippen LogP contribution in [0.5, 0.6) is 0 Å². The highest BCUT2D eigenvalue weighted by Gasteiger charge is 2.24. The van der Waals surface area contributed by atoms with E-state index in [1.54, 1.807) is 0 Å². The first-order valence-electron chi connectivity index (χ1n) is 7.00. The van der Waals surface area contributed by atoms with Gasteiger partial charge in [-0.25, -0.2) is 9.97 Å². The maximum Gasteiger partial charge on any atom is 0.133 e. The van der Waals surface area contributed by atoms with Gasteiger partial charge in [0.2, 0.25) is 0 Å². The van der Waals surface area contributed by atoms with Crippen molar-refractivity contribution in [1.82, 2.24) is 9.97 Å². The monoisotopic (exact) mass is 250 g/mol. The Bertz CT molecular complexity index is 364. The summed E-state index contributed by atoms with van der Waals surface area (Å²) in [6.07, 6.45) is 5.13. The summed E-state index contributed by atoms with van der Waals surface area (Å²) in [7, 11) is 0. The molecule has 3 N–H and O–H groups in total. The molecule has 0 aliphatic carbocycles. The number of anilines is 2. The van der Waals surface area contributed by atoms with Crippen molar-refractivity contribution in [2.24, 2.45) is 0 Å². The third-order valence-corrected chi connectivity index (χ3v) is 3.69. The fourth-order valence-corrected chi connectivity index (χ4v) is 2.20. The van der Waals surface area contributed by atoms with Crippen LogP contribution in [-0.2, 0) is 6.42 Å². The van der Waals surface area contributed by atoms with Gasteiger partial charge in [-0.3, -0.25) is 0 Å². The van der Waals surface area contributed by atoms with Gasteiger partial charge in [0, 0.05) is 18.0 Å². The Hall–Kier alpha value is -1.32. The molecule has 0 saturated heterocycles. The zero-order chi connectivity index (χ0) is 13.6. The molecular formula is C14H26N4. The van der Waals surface area contributed by atoms with E-state index in [1.165, 1.54) is 0 Å². The van der Waals surface area contributed by atoms with Crippen LogP contribution < -0.4 is 11.1 Å². The van der Waals surface area contributed by atoms with Crippen molar-refractivity contribution < 1.29 is 0 Å². The molecular weight excluding hydrogens is 224 g/mol. The van der Waals surface area contributed by atoms with Crippen LogP contribution in [0.4, 0.5) is 11.6 Å². The number of hydrogen-bond acceptors (Lipinski definition) is 4. The van der Waals surface area contributed by atoms with Crippen LogP contribution in [0.1, 0.15) is 59.2 Å². The Morgan fingerprint density at radius 3 is 2.22 bits per heavy atom. The van der Waals surface area contributed by atoms with E-state index in [0.29, 0.717) is 5.82 Å². The van der Waals surface area contributed by atoms with Gasteiger partial charge < -0.3 is 11.1 Å². The summed E-state index contributed by atoms with van der Waals surface area (Å²) < 4.78 is 0. The molecule has 0 fully saturated rings. The van der Waals surface area contributed by atoms with Crippen LogP contribution in [0, 0.1) is 0 Å². The Morgan fingerprint density at radius 1 is 1.11 bits per heavy atom. The zero-order valence-electron chi connectivity index (χ0n) is 12.1. The van der Waals surface area contributed by atoms with Gasteiger partial charge in [0.1, 0.15) is 17.5 Å². The summed E-state index contributed by atoms with van der Waals surface area (Å²) in [4.78, 5) is 8.81. The average molecular weight is 250 g/mol. The molecule has 4 heteroatoms. The van der Waals surface area contributed by atoms with Crippen molar-refractivity contribution in [2.75, 3.05) is 11.1 Å². The Labute approximate surface area is 110 Å². The van der Waals surface area contributed by atoms with Crippen molar-refractivity contribution in [3.63, 3.8) is 0 Å². The molecule has 0 amide bonds. The standard InChI is InChI=1S/C14H26N4/c1-5-9-12-16-11(15)10-13(17-12)18-14(6-2,7-3)8-4/h10H,5-9H2,1-4H3,(H3,15,16,17,18). The minimum atomic E-state index is 0.115. The van der Waals surface area contributed by atoms with Crippen molar-refractivity contribution in [2.45, 2.75) is 65.3 Å². The topological polar surface area (TPSA) is 63.8 Å². The van der Waals surface area contributed by atoms with Crippen LogP contribution in [0.15, 0.2) is 6.07 Å². The van der Waals surface area contributed by atoms with Crippen molar-refractivity contribution >= 4 is 11.6 Å². The first kappa shape index (κ1) is 14.7. The Morgan fingerprint density at radius 2 is 1.72 bits per heavy atom. The van der Waals surface area contributed by atoms with E-state index in [9.17, 15) is 0 Å². The second kappa shape index (κ2) is 6.57. The molecule has 1 rings (SSSR count). The Kier molecular flexibility index (Phi) is 5.38. The van der Waals surface area contributed by atoms with E-state index in [0.717, 1.165) is 43.7 Å². The molecule has 0 radical (unpaired) electrons. The van der Waals surface area contributed by atoms with E-state index in [2.05, 4.69) is 43.0 Å². The smallest absolute Gasteiger partial charge is 0.133 e. The summed E-state index contributed by atoms with van der Waals surface area (Å²) in [5, 5.41) is 3.55.